The summed E-state index contributed by atoms with van der Waals surface area (Å²) in [5, 5.41) is 5.86. The van der Waals surface area contributed by atoms with Gasteiger partial charge in [0.05, 0.1) is 17.8 Å². The van der Waals surface area contributed by atoms with Crippen molar-refractivity contribution in [1.82, 2.24) is 9.78 Å². The molecule has 2 nitrogen and oxygen atoms in total. The van der Waals surface area contributed by atoms with Gasteiger partial charge in [-0.15, -0.1) is 0 Å². The van der Waals surface area contributed by atoms with Crippen LogP contribution in [0.25, 0.3) is 10.9 Å². The minimum atomic E-state index is 0.205. The summed E-state index contributed by atoms with van der Waals surface area (Å²) in [5.41, 5.74) is 2.90. The number of hydrogen-bond acceptors (Lipinski definition) is 1. The van der Waals surface area contributed by atoms with Crippen molar-refractivity contribution in [2.45, 2.75) is 52.0 Å². The van der Waals surface area contributed by atoms with Gasteiger partial charge in [-0.25, -0.2) is 0 Å². The summed E-state index contributed by atoms with van der Waals surface area (Å²) >= 11 is 0. The maximum absolute atomic E-state index is 4.59. The van der Waals surface area contributed by atoms with Crippen molar-refractivity contribution in [2.75, 3.05) is 0 Å². The lowest BCUT2D eigenvalue weighted by molar-refractivity contribution is 0.206. The van der Waals surface area contributed by atoms with Gasteiger partial charge in [0.1, 0.15) is 0 Å². The Bertz CT molecular complexity index is 568. The molecule has 0 aliphatic heterocycles. The van der Waals surface area contributed by atoms with E-state index in [1.807, 2.05) is 6.20 Å². The van der Waals surface area contributed by atoms with Crippen molar-refractivity contribution in [2.24, 2.45) is 5.92 Å². The van der Waals surface area contributed by atoms with Crippen molar-refractivity contribution >= 4 is 10.9 Å². The smallest absolute Gasteiger partial charge is 0.0688 e. The SMILES string of the molecule is CC(C)(C)c1ccc2cnn([C@H]3C[C@@H](C)C3)c2c1. The van der Waals surface area contributed by atoms with E-state index in [-0.39, 0.29) is 5.41 Å². The predicted octanol–water partition coefficient (Wildman–Crippen LogP) is 4.30. The average molecular weight is 242 g/mol. The van der Waals surface area contributed by atoms with E-state index in [0.717, 1.165) is 5.92 Å². The van der Waals surface area contributed by atoms with Gasteiger partial charge in [0.15, 0.2) is 0 Å². The molecule has 0 saturated heterocycles. The molecule has 18 heavy (non-hydrogen) atoms. The second-order valence-electron chi connectivity index (χ2n) is 6.84. The molecule has 0 amide bonds. The van der Waals surface area contributed by atoms with E-state index in [1.54, 1.807) is 0 Å². The molecule has 0 spiro atoms. The van der Waals surface area contributed by atoms with Gasteiger partial charge in [-0.3, -0.25) is 4.68 Å². The third-order valence-electron chi connectivity index (χ3n) is 4.16. The summed E-state index contributed by atoms with van der Waals surface area (Å²) in [6.45, 7) is 9.11. The standard InChI is InChI=1S/C16H22N2/c1-11-7-14(8-11)18-15-9-13(16(2,3)4)6-5-12(15)10-17-18/h5-6,9-11,14H,7-8H2,1-4H3/t11-,14+. The second kappa shape index (κ2) is 3.84. The van der Waals surface area contributed by atoms with Gasteiger partial charge >= 0.3 is 0 Å². The molecule has 96 valence electrons. The first-order valence-corrected chi connectivity index (χ1v) is 6.93. The Hall–Kier alpha value is -1.31. The molecule has 1 saturated carbocycles. The molecule has 0 atom stereocenters. The summed E-state index contributed by atoms with van der Waals surface area (Å²) < 4.78 is 2.24. The molecule has 0 N–H and O–H groups in total. The maximum Gasteiger partial charge on any atom is 0.0688 e. The summed E-state index contributed by atoms with van der Waals surface area (Å²) in [6.07, 6.45) is 4.55. The number of aromatic nitrogens is 2. The van der Waals surface area contributed by atoms with Crippen LogP contribution >= 0.6 is 0 Å². The summed E-state index contributed by atoms with van der Waals surface area (Å²) in [7, 11) is 0. The molecule has 2 aromatic rings. The molecule has 2 heteroatoms. The zero-order valence-corrected chi connectivity index (χ0v) is 11.8. The molecule has 1 aliphatic rings. The molecule has 1 aromatic carbocycles. The molecule has 0 unspecified atom stereocenters. The molecular formula is C16H22N2. The average Bonchev–Trinajstić information content (AvgIpc) is 2.66. The molecule has 0 bridgehead atoms. The van der Waals surface area contributed by atoms with Gasteiger partial charge in [-0.2, -0.15) is 5.10 Å². The fourth-order valence-electron chi connectivity index (χ4n) is 2.85. The van der Waals surface area contributed by atoms with E-state index in [9.17, 15) is 0 Å². The highest BCUT2D eigenvalue weighted by Crippen LogP contribution is 2.39. The third-order valence-corrected chi connectivity index (χ3v) is 4.16. The topological polar surface area (TPSA) is 17.8 Å². The van der Waals surface area contributed by atoms with Gasteiger partial charge in [0, 0.05) is 5.39 Å². The fraction of sp³-hybridized carbons (Fsp3) is 0.562. The van der Waals surface area contributed by atoms with E-state index in [0.29, 0.717) is 6.04 Å². The van der Waals surface area contributed by atoms with Gasteiger partial charge in [-0.1, -0.05) is 39.8 Å². The van der Waals surface area contributed by atoms with E-state index < -0.39 is 0 Å². The molecule has 3 rings (SSSR count). The highest BCUT2D eigenvalue weighted by atomic mass is 15.3. The zero-order valence-electron chi connectivity index (χ0n) is 11.8. The van der Waals surface area contributed by atoms with Crippen LogP contribution in [0, 0.1) is 5.92 Å². The number of hydrogen-bond donors (Lipinski definition) is 0. The fourth-order valence-corrected chi connectivity index (χ4v) is 2.85. The van der Waals surface area contributed by atoms with E-state index >= 15 is 0 Å². The van der Waals surface area contributed by atoms with E-state index in [4.69, 9.17) is 0 Å². The van der Waals surface area contributed by atoms with Crippen LogP contribution in [0.5, 0.6) is 0 Å². The molecule has 1 fully saturated rings. The Labute approximate surface area is 109 Å². The first kappa shape index (κ1) is 11.8. The summed E-state index contributed by atoms with van der Waals surface area (Å²) in [5.74, 6) is 0.861. The van der Waals surface area contributed by atoms with Crippen molar-refractivity contribution in [3.05, 3.63) is 30.0 Å². The molecule has 1 aliphatic carbocycles. The Morgan fingerprint density at radius 2 is 1.94 bits per heavy atom. The summed E-state index contributed by atoms with van der Waals surface area (Å²) in [6, 6.07) is 7.39. The van der Waals surface area contributed by atoms with Crippen LogP contribution in [-0.4, -0.2) is 9.78 Å². The molecule has 1 heterocycles. The lowest BCUT2D eigenvalue weighted by Gasteiger charge is -2.33. The quantitative estimate of drug-likeness (QED) is 0.729. The highest BCUT2D eigenvalue weighted by molar-refractivity contribution is 5.79. The van der Waals surface area contributed by atoms with Gasteiger partial charge < -0.3 is 0 Å². The lowest BCUT2D eigenvalue weighted by atomic mass is 9.82. The van der Waals surface area contributed by atoms with Crippen LogP contribution in [0.1, 0.15) is 52.1 Å². The number of benzene rings is 1. The number of rotatable bonds is 1. The van der Waals surface area contributed by atoms with Crippen molar-refractivity contribution in [3.8, 4) is 0 Å². The van der Waals surface area contributed by atoms with Crippen LogP contribution in [0.15, 0.2) is 24.4 Å². The van der Waals surface area contributed by atoms with E-state index in [1.165, 1.54) is 29.3 Å². The second-order valence-corrected chi connectivity index (χ2v) is 6.84. The van der Waals surface area contributed by atoms with Crippen molar-refractivity contribution in [1.29, 1.82) is 0 Å². The number of fused-ring (bicyclic) bond motifs is 1. The van der Waals surface area contributed by atoms with Crippen LogP contribution in [-0.2, 0) is 5.41 Å². The van der Waals surface area contributed by atoms with Crippen molar-refractivity contribution < 1.29 is 0 Å². The minimum absolute atomic E-state index is 0.205. The Kier molecular flexibility index (Phi) is 2.51. The van der Waals surface area contributed by atoms with Crippen molar-refractivity contribution in [3.63, 3.8) is 0 Å². The van der Waals surface area contributed by atoms with Crippen LogP contribution in [0.2, 0.25) is 0 Å². The summed E-state index contributed by atoms with van der Waals surface area (Å²) in [4.78, 5) is 0. The molecule has 0 radical (unpaired) electrons. The Balaban J connectivity index is 2.05. The third kappa shape index (κ3) is 1.84. The maximum atomic E-state index is 4.59. The Morgan fingerprint density at radius 1 is 1.22 bits per heavy atom. The van der Waals surface area contributed by atoms with Gasteiger partial charge in [-0.05, 0) is 35.8 Å². The minimum Gasteiger partial charge on any atom is -0.262 e. The largest absolute Gasteiger partial charge is 0.262 e. The van der Waals surface area contributed by atoms with E-state index in [2.05, 4.69) is 55.7 Å². The van der Waals surface area contributed by atoms with Crippen LogP contribution < -0.4 is 0 Å². The zero-order chi connectivity index (χ0) is 12.9. The predicted molar refractivity (Wildman–Crippen MR) is 75.9 cm³/mol. The van der Waals surface area contributed by atoms with Crippen LogP contribution in [0.4, 0.5) is 0 Å². The Morgan fingerprint density at radius 3 is 2.56 bits per heavy atom. The molecular weight excluding hydrogens is 220 g/mol. The monoisotopic (exact) mass is 242 g/mol. The normalized spacial score (nSPS) is 24.2. The van der Waals surface area contributed by atoms with Gasteiger partial charge in [0.2, 0.25) is 0 Å². The number of nitrogens with zero attached hydrogens (tertiary/aromatic N) is 2. The molecule has 1 aromatic heterocycles. The lowest BCUT2D eigenvalue weighted by Crippen LogP contribution is -2.25. The first-order valence-electron chi connectivity index (χ1n) is 6.93. The first-order chi connectivity index (χ1) is 8.45. The van der Waals surface area contributed by atoms with Gasteiger partial charge in [0.25, 0.3) is 0 Å². The van der Waals surface area contributed by atoms with Crippen LogP contribution in [0.3, 0.4) is 0 Å². The highest BCUT2D eigenvalue weighted by Gasteiger charge is 2.28.